The van der Waals surface area contributed by atoms with E-state index in [9.17, 15) is 0 Å². The van der Waals surface area contributed by atoms with Gasteiger partial charge in [-0.2, -0.15) is 0 Å². The minimum absolute atomic E-state index is 0.510. The first-order valence-corrected chi connectivity index (χ1v) is 7.51. The van der Waals surface area contributed by atoms with E-state index in [4.69, 9.17) is 15.2 Å². The van der Waals surface area contributed by atoms with Crippen LogP contribution in [0.1, 0.15) is 16.7 Å². The summed E-state index contributed by atoms with van der Waals surface area (Å²) in [6, 6.07) is 12.0. The zero-order valence-corrected chi connectivity index (χ0v) is 13.7. The fourth-order valence-electron chi connectivity index (χ4n) is 2.80. The van der Waals surface area contributed by atoms with E-state index in [1.807, 2.05) is 23.1 Å². The molecule has 0 bridgehead atoms. The van der Waals surface area contributed by atoms with Crippen molar-refractivity contribution in [2.45, 2.75) is 20.0 Å². The standard InChI is InChI=1S/C18H21N3O2/c1-12-7-8-13-10-21(18(19)20-15(13)9-12)11-14-16(22-2)5-4-6-17(14)23-3/h4-9H,10-11H2,1-3H3,(H2,19,20). The van der Waals surface area contributed by atoms with E-state index in [2.05, 4.69) is 30.1 Å². The highest BCUT2D eigenvalue weighted by Crippen LogP contribution is 2.32. The lowest BCUT2D eigenvalue weighted by molar-refractivity contribution is 0.348. The second kappa shape index (κ2) is 6.20. The molecule has 1 aliphatic rings. The number of nitrogens with two attached hydrogens (primary N) is 1. The van der Waals surface area contributed by atoms with E-state index in [1.54, 1.807) is 14.2 Å². The van der Waals surface area contributed by atoms with Crippen molar-refractivity contribution in [3.63, 3.8) is 0 Å². The highest BCUT2D eigenvalue weighted by molar-refractivity contribution is 5.83. The average Bonchev–Trinajstić information content (AvgIpc) is 2.55. The third-order valence-electron chi connectivity index (χ3n) is 4.04. The van der Waals surface area contributed by atoms with Crippen LogP contribution in [0.3, 0.4) is 0 Å². The van der Waals surface area contributed by atoms with Crippen LogP contribution in [0, 0.1) is 6.92 Å². The fraction of sp³-hybridized carbons (Fsp3) is 0.278. The van der Waals surface area contributed by atoms with Crippen molar-refractivity contribution in [3.05, 3.63) is 53.1 Å². The van der Waals surface area contributed by atoms with Crippen molar-refractivity contribution in [1.29, 1.82) is 0 Å². The van der Waals surface area contributed by atoms with Crippen molar-refractivity contribution >= 4 is 11.6 Å². The minimum Gasteiger partial charge on any atom is -0.496 e. The Morgan fingerprint density at radius 1 is 1.13 bits per heavy atom. The number of hydrogen-bond donors (Lipinski definition) is 1. The molecule has 0 amide bonds. The first-order chi connectivity index (χ1) is 11.1. The summed E-state index contributed by atoms with van der Waals surface area (Å²) in [5, 5.41) is 0. The SMILES string of the molecule is COc1cccc(OC)c1CN1Cc2ccc(C)cc2N=C1N. The molecule has 1 heterocycles. The van der Waals surface area contributed by atoms with Gasteiger partial charge in [-0.05, 0) is 36.2 Å². The largest absolute Gasteiger partial charge is 0.496 e. The Balaban J connectivity index is 1.92. The molecule has 5 nitrogen and oxygen atoms in total. The molecule has 0 radical (unpaired) electrons. The molecule has 2 N–H and O–H groups in total. The lowest BCUT2D eigenvalue weighted by Gasteiger charge is -2.29. The van der Waals surface area contributed by atoms with E-state index in [-0.39, 0.29) is 0 Å². The maximum atomic E-state index is 6.17. The molecule has 3 rings (SSSR count). The number of aliphatic imine (C=N–C) groups is 1. The summed E-state index contributed by atoms with van der Waals surface area (Å²) in [6.07, 6.45) is 0. The molecule has 0 fully saturated rings. The highest BCUT2D eigenvalue weighted by atomic mass is 16.5. The molecule has 2 aromatic carbocycles. The molecule has 0 aliphatic carbocycles. The Morgan fingerprint density at radius 3 is 2.48 bits per heavy atom. The van der Waals surface area contributed by atoms with Crippen molar-refractivity contribution < 1.29 is 9.47 Å². The molecule has 23 heavy (non-hydrogen) atoms. The van der Waals surface area contributed by atoms with Crippen LogP contribution in [0.15, 0.2) is 41.4 Å². The van der Waals surface area contributed by atoms with Gasteiger partial charge in [0.15, 0.2) is 5.96 Å². The smallest absolute Gasteiger partial charge is 0.197 e. The molecule has 0 unspecified atom stereocenters. The topological polar surface area (TPSA) is 60.1 Å². The quantitative estimate of drug-likeness (QED) is 0.943. The Labute approximate surface area is 136 Å². The number of methoxy groups -OCH3 is 2. The van der Waals surface area contributed by atoms with Crippen LogP contribution in [0.4, 0.5) is 5.69 Å². The molecule has 2 aromatic rings. The molecular formula is C18H21N3O2. The summed E-state index contributed by atoms with van der Waals surface area (Å²) in [5.41, 5.74) is 10.4. The monoisotopic (exact) mass is 311 g/mol. The molecule has 0 saturated heterocycles. The van der Waals surface area contributed by atoms with Gasteiger partial charge in [0, 0.05) is 6.54 Å². The molecule has 0 aromatic heterocycles. The first kappa shape index (κ1) is 15.2. The predicted molar refractivity (Wildman–Crippen MR) is 91.3 cm³/mol. The third-order valence-corrected chi connectivity index (χ3v) is 4.04. The molecule has 1 aliphatic heterocycles. The van der Waals surface area contributed by atoms with Crippen molar-refractivity contribution in [2.24, 2.45) is 10.7 Å². The number of guanidine groups is 1. The lowest BCUT2D eigenvalue weighted by atomic mass is 10.1. The molecule has 0 atom stereocenters. The highest BCUT2D eigenvalue weighted by Gasteiger charge is 2.21. The van der Waals surface area contributed by atoms with Crippen LogP contribution >= 0.6 is 0 Å². The van der Waals surface area contributed by atoms with Crippen LogP contribution in [-0.2, 0) is 13.1 Å². The van der Waals surface area contributed by atoms with Crippen LogP contribution < -0.4 is 15.2 Å². The van der Waals surface area contributed by atoms with E-state index in [0.29, 0.717) is 19.0 Å². The zero-order chi connectivity index (χ0) is 16.4. The molecular weight excluding hydrogens is 290 g/mol. The number of aryl methyl sites for hydroxylation is 1. The van der Waals surface area contributed by atoms with Crippen LogP contribution in [0.25, 0.3) is 0 Å². The lowest BCUT2D eigenvalue weighted by Crippen LogP contribution is -2.38. The van der Waals surface area contributed by atoms with Gasteiger partial charge in [0.2, 0.25) is 0 Å². The predicted octanol–water partition coefficient (Wildman–Crippen LogP) is 2.97. The van der Waals surface area contributed by atoms with Crippen molar-refractivity contribution in [3.8, 4) is 11.5 Å². The van der Waals surface area contributed by atoms with Crippen LogP contribution in [-0.4, -0.2) is 25.1 Å². The summed E-state index contributed by atoms with van der Waals surface area (Å²) < 4.78 is 10.9. The van der Waals surface area contributed by atoms with Gasteiger partial charge in [0.25, 0.3) is 0 Å². The van der Waals surface area contributed by atoms with Crippen LogP contribution in [0.2, 0.25) is 0 Å². The summed E-state index contributed by atoms with van der Waals surface area (Å²) in [6.45, 7) is 3.35. The summed E-state index contributed by atoms with van der Waals surface area (Å²) in [7, 11) is 3.31. The number of hydrogen-bond acceptors (Lipinski definition) is 5. The van der Waals surface area contributed by atoms with Gasteiger partial charge in [0.05, 0.1) is 32.0 Å². The van der Waals surface area contributed by atoms with E-state index in [0.717, 1.165) is 22.7 Å². The van der Waals surface area contributed by atoms with Gasteiger partial charge in [0.1, 0.15) is 11.5 Å². The summed E-state index contributed by atoms with van der Waals surface area (Å²) >= 11 is 0. The maximum absolute atomic E-state index is 6.17. The Morgan fingerprint density at radius 2 is 1.83 bits per heavy atom. The van der Waals surface area contributed by atoms with Gasteiger partial charge < -0.3 is 20.1 Å². The maximum Gasteiger partial charge on any atom is 0.197 e. The zero-order valence-electron chi connectivity index (χ0n) is 13.7. The Hall–Kier alpha value is -2.69. The van der Waals surface area contributed by atoms with Crippen molar-refractivity contribution in [2.75, 3.05) is 14.2 Å². The minimum atomic E-state index is 0.510. The molecule has 0 spiro atoms. The molecule has 5 heteroatoms. The number of ether oxygens (including phenoxy) is 2. The number of benzene rings is 2. The van der Waals surface area contributed by atoms with Crippen LogP contribution in [0.5, 0.6) is 11.5 Å². The van der Waals surface area contributed by atoms with Gasteiger partial charge in [-0.25, -0.2) is 4.99 Å². The molecule has 120 valence electrons. The Bertz CT molecular complexity index is 734. The van der Waals surface area contributed by atoms with E-state index in [1.165, 1.54) is 11.1 Å². The first-order valence-electron chi connectivity index (χ1n) is 7.51. The number of fused-ring (bicyclic) bond motifs is 1. The number of rotatable bonds is 4. The van der Waals surface area contributed by atoms with Gasteiger partial charge >= 0.3 is 0 Å². The Kier molecular flexibility index (Phi) is 4.10. The summed E-state index contributed by atoms with van der Waals surface area (Å²) in [5.74, 6) is 2.08. The second-order valence-corrected chi connectivity index (χ2v) is 5.60. The molecule has 0 saturated carbocycles. The van der Waals surface area contributed by atoms with E-state index >= 15 is 0 Å². The van der Waals surface area contributed by atoms with Gasteiger partial charge in [-0.1, -0.05) is 18.2 Å². The van der Waals surface area contributed by atoms with Gasteiger partial charge in [-0.15, -0.1) is 0 Å². The van der Waals surface area contributed by atoms with E-state index < -0.39 is 0 Å². The normalized spacial score (nSPS) is 13.3. The van der Waals surface area contributed by atoms with Crippen molar-refractivity contribution in [1.82, 2.24) is 4.90 Å². The fourth-order valence-corrected chi connectivity index (χ4v) is 2.80. The number of nitrogens with zero attached hydrogens (tertiary/aromatic N) is 2. The second-order valence-electron chi connectivity index (χ2n) is 5.60. The summed E-state index contributed by atoms with van der Waals surface area (Å²) in [4.78, 5) is 6.56. The van der Waals surface area contributed by atoms with Gasteiger partial charge in [-0.3, -0.25) is 0 Å². The third kappa shape index (κ3) is 2.95. The average molecular weight is 311 g/mol.